The van der Waals surface area contributed by atoms with Crippen LogP contribution in [-0.4, -0.2) is 22.0 Å². The molecule has 0 aliphatic heterocycles. The first-order valence-corrected chi connectivity index (χ1v) is 3.42. The molecular formula is C5H4ClN3O4. The molecule has 0 amide bonds. The molecule has 0 aromatic carbocycles. The summed E-state index contributed by atoms with van der Waals surface area (Å²) in [5.74, 6) is -0.404. The van der Waals surface area contributed by atoms with E-state index >= 15 is 0 Å². The van der Waals surface area contributed by atoms with E-state index in [1.165, 1.54) is 0 Å². The molecular weight excluding hydrogens is 202 g/mol. The fraction of sp³-hybridized carbons (Fsp3) is 0.200. The van der Waals surface area contributed by atoms with Crippen molar-refractivity contribution in [1.82, 2.24) is 9.97 Å². The van der Waals surface area contributed by atoms with Crippen molar-refractivity contribution in [3.05, 3.63) is 25.8 Å². The Morgan fingerprint density at radius 2 is 2.31 bits per heavy atom. The zero-order valence-electron chi connectivity index (χ0n) is 6.41. The Hall–Kier alpha value is -1.63. The molecule has 13 heavy (non-hydrogen) atoms. The third-order valence-electron chi connectivity index (χ3n) is 1.21. The summed E-state index contributed by atoms with van der Waals surface area (Å²) >= 11 is 5.34. The number of ether oxygens (including phenoxy) is 1. The molecule has 7 nitrogen and oxygen atoms in total. The van der Waals surface area contributed by atoms with Gasteiger partial charge in [0.05, 0.1) is 12.0 Å². The monoisotopic (exact) mass is 205 g/mol. The van der Waals surface area contributed by atoms with Crippen molar-refractivity contribution >= 4 is 17.3 Å². The highest BCUT2D eigenvalue weighted by atomic mass is 35.5. The maximum absolute atomic E-state index is 11.0. The Labute approximate surface area is 76.5 Å². The lowest BCUT2D eigenvalue weighted by atomic mass is 10.5. The van der Waals surface area contributed by atoms with E-state index in [9.17, 15) is 14.9 Å². The number of nitrogens with zero attached hydrogens (tertiary/aromatic N) is 2. The first kappa shape index (κ1) is 9.46. The number of hydrogen-bond donors (Lipinski definition) is 1. The van der Waals surface area contributed by atoms with Crippen LogP contribution in [0.2, 0.25) is 5.28 Å². The van der Waals surface area contributed by atoms with Gasteiger partial charge in [-0.05, 0) is 11.6 Å². The molecule has 1 N–H and O–H groups in total. The van der Waals surface area contributed by atoms with Crippen LogP contribution in [0.4, 0.5) is 5.69 Å². The molecule has 1 rings (SSSR count). The van der Waals surface area contributed by atoms with E-state index in [1.54, 1.807) is 0 Å². The summed E-state index contributed by atoms with van der Waals surface area (Å²) in [5, 5.41) is 10.1. The highest BCUT2D eigenvalue weighted by molar-refractivity contribution is 6.28. The van der Waals surface area contributed by atoms with Gasteiger partial charge in [0.1, 0.15) is 0 Å². The maximum atomic E-state index is 11.0. The summed E-state index contributed by atoms with van der Waals surface area (Å²) in [6.45, 7) is 0. The van der Waals surface area contributed by atoms with E-state index in [2.05, 4.69) is 9.72 Å². The van der Waals surface area contributed by atoms with Gasteiger partial charge in [-0.1, -0.05) is 0 Å². The summed E-state index contributed by atoms with van der Waals surface area (Å²) < 4.78 is 4.51. The lowest BCUT2D eigenvalue weighted by Crippen LogP contribution is -2.14. The van der Waals surface area contributed by atoms with Gasteiger partial charge < -0.3 is 4.74 Å². The predicted molar refractivity (Wildman–Crippen MR) is 43.1 cm³/mol. The first-order valence-electron chi connectivity index (χ1n) is 3.04. The number of nitro groups is 1. The number of aromatic amines is 1. The summed E-state index contributed by atoms with van der Waals surface area (Å²) in [6, 6.07) is 0. The first-order chi connectivity index (χ1) is 6.06. The zero-order chi connectivity index (χ0) is 10.0. The van der Waals surface area contributed by atoms with Gasteiger partial charge in [-0.3, -0.25) is 19.9 Å². The third kappa shape index (κ3) is 1.75. The average molecular weight is 206 g/mol. The SMILES string of the molecule is COc1nc(Cl)[nH]c(=O)c1[N+](=O)[O-]. The van der Waals surface area contributed by atoms with Crippen LogP contribution in [0.15, 0.2) is 4.79 Å². The molecule has 1 heterocycles. The van der Waals surface area contributed by atoms with E-state index in [1.807, 2.05) is 4.98 Å². The number of aromatic nitrogens is 2. The number of halogens is 1. The summed E-state index contributed by atoms with van der Waals surface area (Å²) in [4.78, 5) is 25.8. The molecule has 1 aromatic heterocycles. The van der Waals surface area contributed by atoms with Crippen LogP contribution in [0, 0.1) is 10.1 Å². The van der Waals surface area contributed by atoms with Gasteiger partial charge in [0, 0.05) is 0 Å². The van der Waals surface area contributed by atoms with Gasteiger partial charge in [-0.25, -0.2) is 0 Å². The number of rotatable bonds is 2. The molecule has 0 atom stereocenters. The van der Waals surface area contributed by atoms with E-state index in [0.717, 1.165) is 7.11 Å². The zero-order valence-corrected chi connectivity index (χ0v) is 7.16. The lowest BCUT2D eigenvalue weighted by molar-refractivity contribution is -0.387. The Balaban J connectivity index is 3.48. The number of methoxy groups -OCH3 is 1. The van der Waals surface area contributed by atoms with E-state index in [0.29, 0.717) is 0 Å². The lowest BCUT2D eigenvalue weighted by Gasteiger charge is -1.98. The molecule has 0 fully saturated rings. The van der Waals surface area contributed by atoms with Gasteiger partial charge in [0.15, 0.2) is 0 Å². The van der Waals surface area contributed by atoms with Crippen LogP contribution < -0.4 is 10.3 Å². The van der Waals surface area contributed by atoms with Gasteiger partial charge in [-0.2, -0.15) is 4.98 Å². The topological polar surface area (TPSA) is 98.1 Å². The standard InChI is InChI=1S/C5H4ClN3O4/c1-13-4-2(9(11)12)3(10)7-5(6)8-4/h1H3,(H,7,8,10). The van der Waals surface area contributed by atoms with E-state index in [-0.39, 0.29) is 5.28 Å². The van der Waals surface area contributed by atoms with Crippen LogP contribution in [-0.2, 0) is 0 Å². The van der Waals surface area contributed by atoms with Gasteiger partial charge in [0.25, 0.3) is 0 Å². The molecule has 0 aliphatic carbocycles. The highest BCUT2D eigenvalue weighted by Crippen LogP contribution is 2.19. The molecule has 0 unspecified atom stereocenters. The van der Waals surface area contributed by atoms with Crippen molar-refractivity contribution in [2.24, 2.45) is 0 Å². The number of H-pyrrole nitrogens is 1. The molecule has 0 aliphatic rings. The molecule has 1 aromatic rings. The molecule has 0 saturated carbocycles. The van der Waals surface area contributed by atoms with Crippen molar-refractivity contribution in [2.45, 2.75) is 0 Å². The summed E-state index contributed by atoms with van der Waals surface area (Å²) in [7, 11) is 1.16. The molecule has 0 spiro atoms. The van der Waals surface area contributed by atoms with E-state index < -0.39 is 22.0 Å². The molecule has 70 valence electrons. The second-order valence-corrected chi connectivity index (χ2v) is 2.33. The largest absolute Gasteiger partial charge is 0.476 e. The van der Waals surface area contributed by atoms with Crippen LogP contribution in [0.3, 0.4) is 0 Å². The van der Waals surface area contributed by atoms with Crippen LogP contribution in [0.1, 0.15) is 0 Å². The Kier molecular flexibility index (Phi) is 2.47. The Morgan fingerprint density at radius 1 is 1.69 bits per heavy atom. The minimum Gasteiger partial charge on any atom is -0.476 e. The number of hydrogen-bond acceptors (Lipinski definition) is 5. The van der Waals surface area contributed by atoms with Crippen molar-refractivity contribution in [2.75, 3.05) is 7.11 Å². The van der Waals surface area contributed by atoms with Crippen LogP contribution in [0.25, 0.3) is 0 Å². The molecule has 0 radical (unpaired) electrons. The highest BCUT2D eigenvalue weighted by Gasteiger charge is 2.22. The van der Waals surface area contributed by atoms with Crippen molar-refractivity contribution < 1.29 is 9.66 Å². The van der Waals surface area contributed by atoms with Crippen molar-refractivity contribution in [3.63, 3.8) is 0 Å². The number of nitrogens with one attached hydrogen (secondary N) is 1. The molecule has 0 bridgehead atoms. The second kappa shape index (κ2) is 3.40. The fourth-order valence-corrected chi connectivity index (χ4v) is 0.886. The Bertz CT molecular complexity index is 401. The van der Waals surface area contributed by atoms with Gasteiger partial charge in [0.2, 0.25) is 5.28 Å². The van der Waals surface area contributed by atoms with Gasteiger partial charge >= 0.3 is 17.1 Å². The molecule has 8 heteroatoms. The Morgan fingerprint density at radius 3 is 2.77 bits per heavy atom. The summed E-state index contributed by atoms with van der Waals surface area (Å²) in [5.41, 5.74) is -1.70. The average Bonchev–Trinajstić information content (AvgIpc) is 2.01. The second-order valence-electron chi connectivity index (χ2n) is 1.97. The minimum absolute atomic E-state index is 0.257. The van der Waals surface area contributed by atoms with Crippen molar-refractivity contribution in [1.29, 1.82) is 0 Å². The predicted octanol–water partition coefficient (Wildman–Crippen LogP) is 0.340. The quantitative estimate of drug-likeness (QED) is 0.426. The molecule has 0 saturated heterocycles. The third-order valence-corrected chi connectivity index (χ3v) is 1.39. The van der Waals surface area contributed by atoms with E-state index in [4.69, 9.17) is 11.6 Å². The van der Waals surface area contributed by atoms with Crippen molar-refractivity contribution in [3.8, 4) is 5.88 Å². The normalized spacial score (nSPS) is 9.69. The smallest absolute Gasteiger partial charge is 0.395 e. The summed E-state index contributed by atoms with van der Waals surface area (Å²) in [6.07, 6.45) is 0. The minimum atomic E-state index is -0.943. The van der Waals surface area contributed by atoms with Gasteiger partial charge in [-0.15, -0.1) is 0 Å². The fourth-order valence-electron chi connectivity index (χ4n) is 0.723. The maximum Gasteiger partial charge on any atom is 0.395 e. The van der Waals surface area contributed by atoms with Crippen LogP contribution >= 0.6 is 11.6 Å². The van der Waals surface area contributed by atoms with Crippen LogP contribution in [0.5, 0.6) is 5.88 Å².